The first-order chi connectivity index (χ1) is 8.69. The molecule has 0 aliphatic rings. The first-order valence-corrected chi connectivity index (χ1v) is 7.24. The van der Waals surface area contributed by atoms with Crippen LogP contribution in [0.1, 0.15) is 16.7 Å². The lowest BCUT2D eigenvalue weighted by molar-refractivity contribution is 0.682. The van der Waals surface area contributed by atoms with Crippen LogP contribution in [-0.4, -0.2) is 4.21 Å². The fourth-order valence-corrected chi connectivity index (χ4v) is 3.03. The van der Waals surface area contributed by atoms with E-state index in [2.05, 4.69) is 0 Å². The lowest BCUT2D eigenvalue weighted by Crippen LogP contribution is -2.00. The number of benzene rings is 2. The van der Waals surface area contributed by atoms with E-state index in [1.54, 1.807) is 0 Å². The Morgan fingerprint density at radius 1 is 1.06 bits per heavy atom. The highest BCUT2D eigenvalue weighted by molar-refractivity contribution is 7.84. The number of aryl methyl sites for hydroxylation is 1. The summed E-state index contributed by atoms with van der Waals surface area (Å²) in [7, 11) is -0.996. The van der Waals surface area contributed by atoms with E-state index < -0.39 is 10.8 Å². The van der Waals surface area contributed by atoms with E-state index in [-0.39, 0.29) is 0 Å². The van der Waals surface area contributed by atoms with E-state index >= 15 is 0 Å². The Hall–Kier alpha value is -1.45. The summed E-state index contributed by atoms with van der Waals surface area (Å²) in [5, 5.41) is 0. The Kier molecular flexibility index (Phi) is 4.28. The molecule has 0 bridgehead atoms. The van der Waals surface area contributed by atoms with Crippen molar-refractivity contribution in [3.8, 4) is 0 Å². The summed E-state index contributed by atoms with van der Waals surface area (Å²) in [6, 6.07) is 15.8. The molecule has 0 fully saturated rings. The van der Waals surface area contributed by atoms with Gasteiger partial charge in [0.15, 0.2) is 0 Å². The minimum Gasteiger partial charge on any atom is -0.326 e. The fraction of sp³-hybridized carbons (Fsp3) is 0.200. The molecule has 0 aliphatic heterocycles. The molecule has 3 heteroatoms. The molecule has 0 aliphatic carbocycles. The van der Waals surface area contributed by atoms with E-state index in [1.165, 1.54) is 0 Å². The molecule has 2 rings (SSSR count). The predicted octanol–water partition coefficient (Wildman–Crippen LogP) is 2.76. The summed E-state index contributed by atoms with van der Waals surface area (Å²) in [5.74, 6) is 0.539. The van der Waals surface area contributed by atoms with Gasteiger partial charge in [-0.1, -0.05) is 36.4 Å². The SMILES string of the molecule is Cc1cccc(S(=O)Cc2cccc(CN)c2)c1. The van der Waals surface area contributed by atoms with Crippen molar-refractivity contribution >= 4 is 10.8 Å². The Morgan fingerprint density at radius 3 is 2.50 bits per heavy atom. The van der Waals surface area contributed by atoms with Crippen LogP contribution < -0.4 is 5.73 Å². The topological polar surface area (TPSA) is 43.1 Å². The zero-order valence-electron chi connectivity index (χ0n) is 10.4. The molecule has 0 heterocycles. The Bertz CT molecular complexity index is 566. The largest absolute Gasteiger partial charge is 0.326 e. The van der Waals surface area contributed by atoms with Crippen LogP contribution in [-0.2, 0) is 23.1 Å². The summed E-state index contributed by atoms with van der Waals surface area (Å²) in [5.41, 5.74) is 8.89. The molecule has 1 atom stereocenters. The second kappa shape index (κ2) is 5.94. The molecule has 94 valence electrons. The summed E-state index contributed by atoms with van der Waals surface area (Å²) < 4.78 is 12.2. The highest BCUT2D eigenvalue weighted by Crippen LogP contribution is 2.14. The fourth-order valence-electron chi connectivity index (χ4n) is 1.84. The molecule has 0 saturated heterocycles. The molecule has 0 amide bonds. The number of hydrogen-bond acceptors (Lipinski definition) is 2. The van der Waals surface area contributed by atoms with Gasteiger partial charge in [0, 0.05) is 11.4 Å². The molecule has 2 N–H and O–H groups in total. The average Bonchev–Trinajstić information content (AvgIpc) is 2.39. The van der Waals surface area contributed by atoms with Crippen molar-refractivity contribution in [3.05, 3.63) is 65.2 Å². The molecule has 2 aromatic rings. The van der Waals surface area contributed by atoms with E-state index in [0.717, 1.165) is 21.6 Å². The Labute approximate surface area is 110 Å². The van der Waals surface area contributed by atoms with Crippen LogP contribution in [0.4, 0.5) is 0 Å². The van der Waals surface area contributed by atoms with Gasteiger partial charge in [-0.25, -0.2) is 0 Å². The molecule has 0 spiro atoms. The zero-order chi connectivity index (χ0) is 13.0. The van der Waals surface area contributed by atoms with Crippen LogP contribution in [0.2, 0.25) is 0 Å². The zero-order valence-corrected chi connectivity index (χ0v) is 11.2. The second-order valence-electron chi connectivity index (χ2n) is 4.33. The van der Waals surface area contributed by atoms with Crippen molar-refractivity contribution in [2.45, 2.75) is 24.1 Å². The number of hydrogen-bond donors (Lipinski definition) is 1. The van der Waals surface area contributed by atoms with Gasteiger partial charge in [-0.3, -0.25) is 4.21 Å². The minimum absolute atomic E-state index is 0.519. The van der Waals surface area contributed by atoms with E-state index in [1.807, 2.05) is 55.5 Å². The molecule has 0 saturated carbocycles. The molecular formula is C15H17NOS. The standard InChI is InChI=1S/C15H17NOS/c1-12-4-2-7-15(8-12)18(17)11-14-6-3-5-13(9-14)10-16/h2-9H,10-11,16H2,1H3. The third-order valence-corrected chi connectivity index (χ3v) is 4.15. The Morgan fingerprint density at radius 2 is 1.78 bits per heavy atom. The quantitative estimate of drug-likeness (QED) is 0.917. The minimum atomic E-state index is -0.996. The van der Waals surface area contributed by atoms with Gasteiger partial charge in [-0.05, 0) is 35.7 Å². The van der Waals surface area contributed by atoms with Crippen LogP contribution in [0.15, 0.2) is 53.4 Å². The van der Waals surface area contributed by atoms with Gasteiger partial charge in [-0.15, -0.1) is 0 Å². The maximum absolute atomic E-state index is 12.2. The third-order valence-electron chi connectivity index (χ3n) is 2.78. The first-order valence-electron chi connectivity index (χ1n) is 5.92. The van der Waals surface area contributed by atoms with Gasteiger partial charge < -0.3 is 5.73 Å². The van der Waals surface area contributed by atoms with Crippen LogP contribution in [0.25, 0.3) is 0 Å². The van der Waals surface area contributed by atoms with Gasteiger partial charge in [-0.2, -0.15) is 0 Å². The van der Waals surface area contributed by atoms with Gasteiger partial charge in [0.2, 0.25) is 0 Å². The van der Waals surface area contributed by atoms with Crippen LogP contribution in [0.5, 0.6) is 0 Å². The molecule has 2 nitrogen and oxygen atoms in total. The van der Waals surface area contributed by atoms with E-state index in [9.17, 15) is 4.21 Å². The predicted molar refractivity (Wildman–Crippen MR) is 75.6 cm³/mol. The van der Waals surface area contributed by atoms with E-state index in [4.69, 9.17) is 5.73 Å². The maximum atomic E-state index is 12.2. The highest BCUT2D eigenvalue weighted by atomic mass is 32.2. The molecule has 1 unspecified atom stereocenters. The molecule has 18 heavy (non-hydrogen) atoms. The van der Waals surface area contributed by atoms with Crippen LogP contribution in [0.3, 0.4) is 0 Å². The molecule has 0 radical (unpaired) electrons. The highest BCUT2D eigenvalue weighted by Gasteiger charge is 2.05. The average molecular weight is 259 g/mol. The van der Waals surface area contributed by atoms with Crippen molar-refractivity contribution in [1.82, 2.24) is 0 Å². The monoisotopic (exact) mass is 259 g/mol. The van der Waals surface area contributed by atoms with Gasteiger partial charge >= 0.3 is 0 Å². The summed E-state index contributed by atoms with van der Waals surface area (Å²) in [4.78, 5) is 0.883. The van der Waals surface area contributed by atoms with Gasteiger partial charge in [0.25, 0.3) is 0 Å². The van der Waals surface area contributed by atoms with Crippen molar-refractivity contribution in [2.24, 2.45) is 5.73 Å². The van der Waals surface area contributed by atoms with Crippen molar-refractivity contribution < 1.29 is 4.21 Å². The van der Waals surface area contributed by atoms with Crippen molar-refractivity contribution in [3.63, 3.8) is 0 Å². The Balaban J connectivity index is 2.16. The third kappa shape index (κ3) is 3.28. The summed E-state index contributed by atoms with van der Waals surface area (Å²) in [6.45, 7) is 2.53. The molecular weight excluding hydrogens is 242 g/mol. The lowest BCUT2D eigenvalue weighted by atomic mass is 10.1. The summed E-state index contributed by atoms with van der Waals surface area (Å²) >= 11 is 0. The van der Waals surface area contributed by atoms with Gasteiger partial charge in [0.05, 0.1) is 16.6 Å². The van der Waals surface area contributed by atoms with Gasteiger partial charge in [0.1, 0.15) is 0 Å². The van der Waals surface area contributed by atoms with Crippen molar-refractivity contribution in [1.29, 1.82) is 0 Å². The van der Waals surface area contributed by atoms with Crippen LogP contribution in [0, 0.1) is 6.92 Å². The first kappa shape index (κ1) is 13.0. The van der Waals surface area contributed by atoms with E-state index in [0.29, 0.717) is 12.3 Å². The summed E-state index contributed by atoms with van der Waals surface area (Å²) in [6.07, 6.45) is 0. The smallest absolute Gasteiger partial charge is 0.0574 e. The number of nitrogens with two attached hydrogens (primary N) is 1. The maximum Gasteiger partial charge on any atom is 0.0574 e. The lowest BCUT2D eigenvalue weighted by Gasteiger charge is -2.05. The second-order valence-corrected chi connectivity index (χ2v) is 5.78. The molecule has 2 aromatic carbocycles. The van der Waals surface area contributed by atoms with Crippen molar-refractivity contribution in [2.75, 3.05) is 0 Å². The van der Waals surface area contributed by atoms with Crippen LogP contribution >= 0.6 is 0 Å². The normalized spacial score (nSPS) is 12.3. The number of rotatable bonds is 4. The molecule has 0 aromatic heterocycles.